The minimum absolute atomic E-state index is 0.00910. The summed E-state index contributed by atoms with van der Waals surface area (Å²) in [6.45, 7) is 3.47. The zero-order chi connectivity index (χ0) is 13.5. The van der Waals surface area contributed by atoms with Gasteiger partial charge >= 0.3 is 5.97 Å². The van der Waals surface area contributed by atoms with Gasteiger partial charge in [-0.25, -0.2) is 4.98 Å². The molecule has 0 aromatic carbocycles. The fraction of sp³-hybridized carbons (Fsp3) is 0.417. The molecule has 1 atom stereocenters. The standard InChI is InChI=1S/C12H16N2O4/c1-3-8(2)18-10-6-9(4-5-13-10)12(17)14-7-11(15)16/h4-6,8H,3,7H2,1-2H3,(H,14,17)(H,15,16). The number of amides is 1. The first-order chi connectivity index (χ1) is 8.52. The predicted molar refractivity (Wildman–Crippen MR) is 64.6 cm³/mol. The zero-order valence-electron chi connectivity index (χ0n) is 10.3. The van der Waals surface area contributed by atoms with Gasteiger partial charge in [0.15, 0.2) is 0 Å². The first-order valence-corrected chi connectivity index (χ1v) is 5.65. The minimum Gasteiger partial charge on any atom is -0.480 e. The molecule has 2 N–H and O–H groups in total. The number of rotatable bonds is 6. The Morgan fingerprint density at radius 2 is 2.28 bits per heavy atom. The van der Waals surface area contributed by atoms with Crippen molar-refractivity contribution in [3.05, 3.63) is 23.9 Å². The van der Waals surface area contributed by atoms with Gasteiger partial charge in [-0.05, 0) is 19.4 Å². The summed E-state index contributed by atoms with van der Waals surface area (Å²) in [6, 6.07) is 2.99. The zero-order valence-corrected chi connectivity index (χ0v) is 10.3. The summed E-state index contributed by atoms with van der Waals surface area (Å²) in [5, 5.41) is 10.7. The second kappa shape index (κ2) is 6.58. The summed E-state index contributed by atoms with van der Waals surface area (Å²) in [5.74, 6) is -1.20. The van der Waals surface area contributed by atoms with Crippen LogP contribution >= 0.6 is 0 Å². The first kappa shape index (κ1) is 14.0. The van der Waals surface area contributed by atoms with Gasteiger partial charge in [-0.3, -0.25) is 9.59 Å². The monoisotopic (exact) mass is 252 g/mol. The molecule has 6 nitrogen and oxygen atoms in total. The Hall–Kier alpha value is -2.11. The molecule has 0 fully saturated rings. The summed E-state index contributed by atoms with van der Waals surface area (Å²) < 4.78 is 5.47. The van der Waals surface area contributed by atoms with Gasteiger partial charge in [0.25, 0.3) is 5.91 Å². The Balaban J connectivity index is 2.69. The fourth-order valence-electron chi connectivity index (χ4n) is 1.16. The molecule has 0 aliphatic carbocycles. The number of hydrogen-bond donors (Lipinski definition) is 2. The van der Waals surface area contributed by atoms with E-state index in [9.17, 15) is 9.59 Å². The summed E-state index contributed by atoms with van der Waals surface area (Å²) in [7, 11) is 0. The average molecular weight is 252 g/mol. The van der Waals surface area contributed by atoms with Crippen LogP contribution in [0, 0.1) is 0 Å². The van der Waals surface area contributed by atoms with Gasteiger partial charge in [0.2, 0.25) is 5.88 Å². The summed E-state index contributed by atoms with van der Waals surface area (Å²) in [4.78, 5) is 25.9. The van der Waals surface area contributed by atoms with Crippen molar-refractivity contribution >= 4 is 11.9 Å². The number of pyridine rings is 1. The van der Waals surface area contributed by atoms with Gasteiger partial charge in [-0.2, -0.15) is 0 Å². The third-order valence-corrected chi connectivity index (χ3v) is 2.29. The number of nitrogens with zero attached hydrogens (tertiary/aromatic N) is 1. The molecule has 0 saturated heterocycles. The van der Waals surface area contributed by atoms with E-state index < -0.39 is 18.4 Å². The van der Waals surface area contributed by atoms with Crippen molar-refractivity contribution in [3.63, 3.8) is 0 Å². The Morgan fingerprint density at radius 1 is 1.56 bits per heavy atom. The molecule has 0 bridgehead atoms. The van der Waals surface area contributed by atoms with Crippen LogP contribution < -0.4 is 10.1 Å². The summed E-state index contributed by atoms with van der Waals surface area (Å²) in [5.41, 5.74) is 0.324. The number of hydrogen-bond acceptors (Lipinski definition) is 4. The molecule has 1 aromatic heterocycles. The van der Waals surface area contributed by atoms with Crippen LogP contribution in [0.5, 0.6) is 5.88 Å². The van der Waals surface area contributed by atoms with Crippen molar-refractivity contribution in [2.75, 3.05) is 6.54 Å². The lowest BCUT2D eigenvalue weighted by molar-refractivity contribution is -0.135. The molecule has 1 unspecified atom stereocenters. The molecule has 1 amide bonds. The van der Waals surface area contributed by atoms with Crippen LogP contribution in [0.1, 0.15) is 30.6 Å². The highest BCUT2D eigenvalue weighted by atomic mass is 16.5. The van der Waals surface area contributed by atoms with Crippen LogP contribution in [0.25, 0.3) is 0 Å². The van der Waals surface area contributed by atoms with Gasteiger partial charge in [0.1, 0.15) is 6.54 Å². The molecular weight excluding hydrogens is 236 g/mol. The van der Waals surface area contributed by atoms with E-state index in [0.29, 0.717) is 11.4 Å². The molecule has 6 heteroatoms. The normalized spacial score (nSPS) is 11.7. The third kappa shape index (κ3) is 4.40. The molecule has 1 aromatic rings. The average Bonchev–Trinajstić information content (AvgIpc) is 2.36. The lowest BCUT2D eigenvalue weighted by atomic mass is 10.2. The fourth-order valence-corrected chi connectivity index (χ4v) is 1.16. The van der Waals surface area contributed by atoms with Gasteiger partial charge < -0.3 is 15.2 Å². The Morgan fingerprint density at radius 3 is 2.89 bits per heavy atom. The maximum atomic E-state index is 11.6. The van der Waals surface area contributed by atoms with E-state index in [1.807, 2.05) is 13.8 Å². The number of nitrogens with one attached hydrogen (secondary N) is 1. The number of carboxylic acids is 1. The molecule has 0 aliphatic heterocycles. The Labute approximate surface area is 105 Å². The number of aliphatic carboxylic acids is 1. The largest absolute Gasteiger partial charge is 0.480 e. The van der Waals surface area contributed by atoms with E-state index in [1.54, 1.807) is 0 Å². The molecule has 0 spiro atoms. The molecule has 1 heterocycles. The molecule has 18 heavy (non-hydrogen) atoms. The number of carbonyl (C=O) groups excluding carboxylic acids is 1. The van der Waals surface area contributed by atoms with Crippen molar-refractivity contribution in [3.8, 4) is 5.88 Å². The lowest BCUT2D eigenvalue weighted by Gasteiger charge is -2.11. The Kier molecular flexibility index (Phi) is 5.10. The van der Waals surface area contributed by atoms with Crippen LogP contribution in [0.2, 0.25) is 0 Å². The molecule has 0 aliphatic rings. The van der Waals surface area contributed by atoms with Crippen molar-refractivity contribution in [1.82, 2.24) is 10.3 Å². The van der Waals surface area contributed by atoms with E-state index in [1.165, 1.54) is 18.3 Å². The second-order valence-electron chi connectivity index (χ2n) is 3.80. The minimum atomic E-state index is -1.09. The van der Waals surface area contributed by atoms with Gasteiger partial charge in [0, 0.05) is 17.8 Å². The predicted octanol–water partition coefficient (Wildman–Crippen LogP) is 1.07. The van der Waals surface area contributed by atoms with Gasteiger partial charge in [0.05, 0.1) is 6.10 Å². The SMILES string of the molecule is CCC(C)Oc1cc(C(=O)NCC(=O)O)ccn1. The van der Waals surface area contributed by atoms with E-state index in [-0.39, 0.29) is 6.10 Å². The molecule has 0 radical (unpaired) electrons. The topological polar surface area (TPSA) is 88.5 Å². The van der Waals surface area contributed by atoms with Crippen LogP contribution in [-0.2, 0) is 4.79 Å². The number of ether oxygens (including phenoxy) is 1. The van der Waals surface area contributed by atoms with E-state index in [2.05, 4.69) is 10.3 Å². The van der Waals surface area contributed by atoms with E-state index in [0.717, 1.165) is 6.42 Å². The quantitative estimate of drug-likeness (QED) is 0.790. The maximum Gasteiger partial charge on any atom is 0.322 e. The van der Waals surface area contributed by atoms with Crippen molar-refractivity contribution in [1.29, 1.82) is 0 Å². The molecule has 0 saturated carbocycles. The maximum absolute atomic E-state index is 11.6. The van der Waals surface area contributed by atoms with Crippen LogP contribution in [0.15, 0.2) is 18.3 Å². The number of aromatic nitrogens is 1. The van der Waals surface area contributed by atoms with Gasteiger partial charge in [-0.15, -0.1) is 0 Å². The van der Waals surface area contributed by atoms with Gasteiger partial charge in [-0.1, -0.05) is 6.92 Å². The smallest absolute Gasteiger partial charge is 0.322 e. The highest BCUT2D eigenvalue weighted by Gasteiger charge is 2.09. The second-order valence-corrected chi connectivity index (χ2v) is 3.80. The first-order valence-electron chi connectivity index (χ1n) is 5.65. The Bertz CT molecular complexity index is 434. The number of carboxylic acid groups (broad SMARTS) is 1. The summed E-state index contributed by atoms with van der Waals surface area (Å²) in [6.07, 6.45) is 2.29. The van der Waals surface area contributed by atoms with Crippen molar-refractivity contribution in [2.45, 2.75) is 26.4 Å². The summed E-state index contributed by atoms with van der Waals surface area (Å²) >= 11 is 0. The lowest BCUT2D eigenvalue weighted by Crippen LogP contribution is -2.29. The van der Waals surface area contributed by atoms with Crippen molar-refractivity contribution < 1.29 is 19.4 Å². The number of carbonyl (C=O) groups is 2. The van der Waals surface area contributed by atoms with Crippen LogP contribution in [0.4, 0.5) is 0 Å². The van der Waals surface area contributed by atoms with Crippen LogP contribution in [0.3, 0.4) is 0 Å². The van der Waals surface area contributed by atoms with E-state index in [4.69, 9.17) is 9.84 Å². The highest BCUT2D eigenvalue weighted by Crippen LogP contribution is 2.12. The van der Waals surface area contributed by atoms with Crippen LogP contribution in [-0.4, -0.2) is 34.6 Å². The van der Waals surface area contributed by atoms with Crippen molar-refractivity contribution in [2.24, 2.45) is 0 Å². The molecule has 1 rings (SSSR count). The van der Waals surface area contributed by atoms with E-state index >= 15 is 0 Å². The molecule has 98 valence electrons. The molecular formula is C12H16N2O4. The third-order valence-electron chi connectivity index (χ3n) is 2.29. The highest BCUT2D eigenvalue weighted by molar-refractivity contribution is 5.95.